The van der Waals surface area contributed by atoms with E-state index in [2.05, 4.69) is 9.72 Å². The first kappa shape index (κ1) is 15.1. The number of nitrogens with zero attached hydrogens (tertiary/aromatic N) is 1. The molecule has 2 heterocycles. The predicted octanol–water partition coefficient (Wildman–Crippen LogP) is 2.28. The molecule has 0 bridgehead atoms. The Morgan fingerprint density at radius 3 is 2.20 bits per heavy atom. The molecule has 0 aliphatic carbocycles. The summed E-state index contributed by atoms with van der Waals surface area (Å²) < 4.78 is 52.4. The molecular formula is C12H15BF3NO3. The molecule has 0 saturated carbocycles. The zero-order valence-corrected chi connectivity index (χ0v) is 11.6. The average molecular weight is 289 g/mol. The molecule has 0 atom stereocenters. The summed E-state index contributed by atoms with van der Waals surface area (Å²) in [6, 6.07) is 2.54. The minimum atomic E-state index is -4.79. The molecule has 1 aromatic rings. The van der Waals surface area contributed by atoms with Gasteiger partial charge in [-0.25, -0.2) is 0 Å². The van der Waals surface area contributed by atoms with Crippen molar-refractivity contribution in [2.24, 2.45) is 0 Å². The van der Waals surface area contributed by atoms with E-state index in [4.69, 9.17) is 9.31 Å². The van der Waals surface area contributed by atoms with Crippen molar-refractivity contribution in [3.63, 3.8) is 0 Å². The fourth-order valence-electron chi connectivity index (χ4n) is 1.75. The maximum absolute atomic E-state index is 12.4. The summed E-state index contributed by atoms with van der Waals surface area (Å²) in [5.74, 6) is -0.418. The van der Waals surface area contributed by atoms with E-state index in [1.807, 2.05) is 0 Å². The van der Waals surface area contributed by atoms with Crippen LogP contribution in [0.15, 0.2) is 18.3 Å². The number of hydrogen-bond donors (Lipinski definition) is 0. The van der Waals surface area contributed by atoms with Crippen molar-refractivity contribution < 1.29 is 27.2 Å². The second-order valence-corrected chi connectivity index (χ2v) is 5.52. The Labute approximate surface area is 115 Å². The molecule has 4 nitrogen and oxygen atoms in total. The molecule has 1 aromatic heterocycles. The number of aromatic nitrogens is 1. The van der Waals surface area contributed by atoms with Crippen LogP contribution in [0.1, 0.15) is 27.7 Å². The Kier molecular flexibility index (Phi) is 3.50. The molecule has 1 aliphatic rings. The van der Waals surface area contributed by atoms with E-state index in [1.54, 1.807) is 27.7 Å². The number of halogens is 3. The van der Waals surface area contributed by atoms with Crippen molar-refractivity contribution in [2.45, 2.75) is 45.3 Å². The summed E-state index contributed by atoms with van der Waals surface area (Å²) in [5.41, 5.74) is -1.35. The molecule has 0 radical (unpaired) electrons. The van der Waals surface area contributed by atoms with Crippen LogP contribution in [0.4, 0.5) is 13.2 Å². The van der Waals surface area contributed by atoms with Gasteiger partial charge in [0.2, 0.25) is 0 Å². The fourth-order valence-corrected chi connectivity index (χ4v) is 1.75. The smallest absolute Gasteiger partial charge is 0.405 e. The largest absolute Gasteiger partial charge is 0.573 e. The highest BCUT2D eigenvalue weighted by Crippen LogP contribution is 2.37. The molecule has 110 valence electrons. The van der Waals surface area contributed by atoms with E-state index in [0.717, 1.165) is 0 Å². The van der Waals surface area contributed by atoms with Crippen LogP contribution in [-0.2, 0) is 9.31 Å². The van der Waals surface area contributed by atoms with E-state index in [9.17, 15) is 13.2 Å². The van der Waals surface area contributed by atoms with Crippen molar-refractivity contribution in [3.05, 3.63) is 18.3 Å². The van der Waals surface area contributed by atoms with Gasteiger partial charge in [-0.15, -0.1) is 13.2 Å². The van der Waals surface area contributed by atoms with Gasteiger partial charge < -0.3 is 14.0 Å². The van der Waals surface area contributed by atoms with Crippen LogP contribution >= 0.6 is 0 Å². The standard InChI is InChI=1S/C12H15BF3NO3/c1-10(2)11(3,4)20-13(19-10)9-8(6-5-7-17-9)18-12(14,15)16/h5-7H,1-4H3. The molecule has 0 amide bonds. The second kappa shape index (κ2) is 4.63. The number of rotatable bonds is 2. The third kappa shape index (κ3) is 2.91. The van der Waals surface area contributed by atoms with Crippen LogP contribution in [0.2, 0.25) is 0 Å². The van der Waals surface area contributed by atoms with Gasteiger partial charge in [0.25, 0.3) is 0 Å². The lowest BCUT2D eigenvalue weighted by Crippen LogP contribution is -2.41. The second-order valence-electron chi connectivity index (χ2n) is 5.52. The minimum absolute atomic E-state index is 0.0246. The number of alkyl halides is 3. The van der Waals surface area contributed by atoms with Crippen molar-refractivity contribution in [1.29, 1.82) is 0 Å². The first-order valence-corrected chi connectivity index (χ1v) is 6.08. The van der Waals surface area contributed by atoms with Crippen LogP contribution < -0.4 is 10.3 Å². The van der Waals surface area contributed by atoms with E-state index >= 15 is 0 Å². The molecule has 0 spiro atoms. The van der Waals surface area contributed by atoms with Gasteiger partial charge in [-0.05, 0) is 39.8 Å². The molecule has 20 heavy (non-hydrogen) atoms. The monoisotopic (exact) mass is 289 g/mol. The lowest BCUT2D eigenvalue weighted by molar-refractivity contribution is -0.274. The molecule has 0 aromatic carbocycles. The Bertz CT molecular complexity index is 489. The summed E-state index contributed by atoms with van der Waals surface area (Å²) in [7, 11) is -1.00. The van der Waals surface area contributed by atoms with Gasteiger partial charge >= 0.3 is 13.5 Å². The van der Waals surface area contributed by atoms with Crippen LogP contribution in [0.25, 0.3) is 0 Å². The highest BCUT2D eigenvalue weighted by atomic mass is 19.4. The van der Waals surface area contributed by atoms with E-state index in [0.29, 0.717) is 0 Å². The van der Waals surface area contributed by atoms with Gasteiger partial charge in [0.05, 0.1) is 11.2 Å². The number of pyridine rings is 1. The van der Waals surface area contributed by atoms with Crippen molar-refractivity contribution in [3.8, 4) is 5.75 Å². The minimum Gasteiger partial charge on any atom is -0.405 e. The maximum atomic E-state index is 12.4. The Morgan fingerprint density at radius 1 is 1.15 bits per heavy atom. The quantitative estimate of drug-likeness (QED) is 0.783. The van der Waals surface area contributed by atoms with E-state index in [-0.39, 0.29) is 5.59 Å². The molecule has 1 aliphatic heterocycles. The van der Waals surface area contributed by atoms with E-state index < -0.39 is 30.4 Å². The molecule has 8 heteroatoms. The Morgan fingerprint density at radius 2 is 1.70 bits per heavy atom. The van der Waals surface area contributed by atoms with Crippen LogP contribution in [0.3, 0.4) is 0 Å². The van der Waals surface area contributed by atoms with Gasteiger partial charge in [0.1, 0.15) is 11.3 Å². The summed E-state index contributed by atoms with van der Waals surface area (Å²) in [6.45, 7) is 7.22. The SMILES string of the molecule is CC1(C)OB(c2ncccc2OC(F)(F)F)OC1(C)C. The first-order chi connectivity index (χ1) is 9.02. The third-order valence-corrected chi connectivity index (χ3v) is 3.50. The van der Waals surface area contributed by atoms with Crippen molar-refractivity contribution in [2.75, 3.05) is 0 Å². The normalized spacial score (nSPS) is 21.1. The molecule has 1 fully saturated rings. The van der Waals surface area contributed by atoms with Gasteiger partial charge in [-0.1, -0.05) is 0 Å². The third-order valence-electron chi connectivity index (χ3n) is 3.50. The van der Waals surface area contributed by atoms with Gasteiger partial charge in [0.15, 0.2) is 0 Å². The van der Waals surface area contributed by atoms with E-state index in [1.165, 1.54) is 18.3 Å². The topological polar surface area (TPSA) is 40.6 Å². The average Bonchev–Trinajstić information content (AvgIpc) is 2.46. The van der Waals surface area contributed by atoms with Gasteiger partial charge in [-0.2, -0.15) is 0 Å². The first-order valence-electron chi connectivity index (χ1n) is 6.08. The molecule has 0 unspecified atom stereocenters. The molecule has 2 rings (SSSR count). The highest BCUT2D eigenvalue weighted by Gasteiger charge is 2.53. The molecule has 1 saturated heterocycles. The zero-order valence-electron chi connectivity index (χ0n) is 11.6. The van der Waals surface area contributed by atoms with Gasteiger partial charge in [-0.3, -0.25) is 4.98 Å². The maximum Gasteiger partial charge on any atom is 0.573 e. The lowest BCUT2D eigenvalue weighted by Gasteiger charge is -2.32. The zero-order chi connectivity index (χ0) is 15.2. The Balaban J connectivity index is 2.31. The lowest BCUT2D eigenvalue weighted by atomic mass is 9.83. The summed E-state index contributed by atoms with van der Waals surface area (Å²) >= 11 is 0. The number of hydrogen-bond acceptors (Lipinski definition) is 4. The highest BCUT2D eigenvalue weighted by molar-refractivity contribution is 6.62. The van der Waals surface area contributed by atoms with Crippen molar-refractivity contribution in [1.82, 2.24) is 4.98 Å². The van der Waals surface area contributed by atoms with Crippen LogP contribution in [0, 0.1) is 0 Å². The van der Waals surface area contributed by atoms with Crippen molar-refractivity contribution >= 4 is 12.7 Å². The summed E-state index contributed by atoms with van der Waals surface area (Å²) in [5, 5.41) is 0. The summed E-state index contributed by atoms with van der Waals surface area (Å²) in [4.78, 5) is 3.90. The van der Waals surface area contributed by atoms with Gasteiger partial charge in [0, 0.05) is 6.20 Å². The van der Waals surface area contributed by atoms with Crippen LogP contribution in [-0.4, -0.2) is 29.7 Å². The molecular weight excluding hydrogens is 274 g/mol. The predicted molar refractivity (Wildman–Crippen MR) is 66.6 cm³/mol. The molecule has 0 N–H and O–H groups in total. The Hall–Kier alpha value is -1.28. The number of ether oxygens (including phenoxy) is 1. The fraction of sp³-hybridized carbons (Fsp3) is 0.583. The summed E-state index contributed by atoms with van der Waals surface area (Å²) in [6.07, 6.45) is -3.43. The van der Waals surface area contributed by atoms with Crippen LogP contribution in [0.5, 0.6) is 5.75 Å².